The molecule has 3 aliphatic rings. The van der Waals surface area contributed by atoms with Gasteiger partial charge in [-0.15, -0.1) is 0 Å². The lowest BCUT2D eigenvalue weighted by atomic mass is 9.92. The predicted molar refractivity (Wildman–Crippen MR) is 86.0 cm³/mol. The molecular weight excluding hydrogens is 241 g/mol. The third-order valence-electron chi connectivity index (χ3n) is 4.41. The highest BCUT2D eigenvalue weighted by atomic mass is 15.1. The molecule has 0 aromatic carbocycles. The van der Waals surface area contributed by atoms with Gasteiger partial charge in [0.1, 0.15) is 7.85 Å². The number of nitrogens with zero attached hydrogens (tertiary/aromatic N) is 1. The first kappa shape index (κ1) is 13.5. The molecule has 20 heavy (non-hydrogen) atoms. The van der Waals surface area contributed by atoms with Gasteiger partial charge in [0, 0.05) is 17.6 Å². The smallest absolute Gasteiger partial charge is 0.115 e. The molecule has 2 heteroatoms. The topological polar surface area (TPSA) is 3.24 Å². The predicted octanol–water partition coefficient (Wildman–Crippen LogP) is 4.71. The van der Waals surface area contributed by atoms with Crippen LogP contribution in [-0.4, -0.2) is 12.7 Å². The zero-order valence-corrected chi connectivity index (χ0v) is 12.4. The van der Waals surface area contributed by atoms with Crippen molar-refractivity contribution in [2.45, 2.75) is 51.9 Å². The summed E-state index contributed by atoms with van der Waals surface area (Å²) >= 11 is 0. The Morgan fingerprint density at radius 2 is 1.90 bits per heavy atom. The van der Waals surface area contributed by atoms with Gasteiger partial charge in [-0.05, 0) is 63.2 Å². The van der Waals surface area contributed by atoms with Crippen LogP contribution in [0.1, 0.15) is 51.9 Å². The van der Waals surface area contributed by atoms with E-state index in [2.05, 4.69) is 36.3 Å². The Labute approximate surface area is 123 Å². The standard InChI is InChI=1S/C18H22BN/c1-14-6-5-9-17(12-15-7-3-2-4-8-15)20-13-16(19)10-11-18(14)20/h9-13H,2-8H2,1H3. The van der Waals surface area contributed by atoms with E-state index in [1.807, 2.05) is 6.08 Å². The largest absolute Gasteiger partial charge is 0.318 e. The molecule has 0 atom stereocenters. The van der Waals surface area contributed by atoms with E-state index in [4.69, 9.17) is 7.85 Å². The van der Waals surface area contributed by atoms with Crippen molar-refractivity contribution < 1.29 is 0 Å². The Bertz CT molecular complexity index is 538. The Morgan fingerprint density at radius 1 is 1.10 bits per heavy atom. The van der Waals surface area contributed by atoms with E-state index in [-0.39, 0.29) is 0 Å². The van der Waals surface area contributed by atoms with Gasteiger partial charge in [0.15, 0.2) is 0 Å². The van der Waals surface area contributed by atoms with E-state index in [0.717, 1.165) is 18.3 Å². The van der Waals surface area contributed by atoms with E-state index in [1.165, 1.54) is 49.1 Å². The fraction of sp³-hybridized carbons (Fsp3) is 0.444. The number of rotatable bonds is 1. The van der Waals surface area contributed by atoms with Gasteiger partial charge in [-0.1, -0.05) is 29.6 Å². The first-order valence-corrected chi connectivity index (χ1v) is 7.78. The van der Waals surface area contributed by atoms with E-state index in [9.17, 15) is 0 Å². The lowest BCUT2D eigenvalue weighted by Crippen LogP contribution is -2.18. The second kappa shape index (κ2) is 5.91. The van der Waals surface area contributed by atoms with Gasteiger partial charge in [-0.3, -0.25) is 0 Å². The summed E-state index contributed by atoms with van der Waals surface area (Å²) in [4.78, 5) is 2.28. The molecule has 1 fully saturated rings. The molecule has 3 rings (SSSR count). The fourth-order valence-corrected chi connectivity index (χ4v) is 3.23. The summed E-state index contributed by atoms with van der Waals surface area (Å²) in [5.41, 5.74) is 6.48. The summed E-state index contributed by atoms with van der Waals surface area (Å²) in [7, 11) is 6.00. The highest BCUT2D eigenvalue weighted by molar-refractivity contribution is 6.23. The zero-order chi connectivity index (χ0) is 13.9. The van der Waals surface area contributed by atoms with Crippen LogP contribution in [0.5, 0.6) is 0 Å². The van der Waals surface area contributed by atoms with Crippen molar-refractivity contribution in [3.8, 4) is 0 Å². The van der Waals surface area contributed by atoms with Crippen molar-refractivity contribution in [3.05, 3.63) is 58.5 Å². The summed E-state index contributed by atoms with van der Waals surface area (Å²) in [6, 6.07) is 0. The van der Waals surface area contributed by atoms with Gasteiger partial charge >= 0.3 is 0 Å². The quantitative estimate of drug-likeness (QED) is 0.619. The Balaban J connectivity index is 1.93. The molecule has 1 saturated carbocycles. The van der Waals surface area contributed by atoms with Crippen LogP contribution in [0.25, 0.3) is 0 Å². The SMILES string of the molecule is [B]C1=CN2C(C=C3CCCCC3)=CCCC(C)=C2C=C1. The van der Waals surface area contributed by atoms with Gasteiger partial charge in [-0.2, -0.15) is 0 Å². The second-order valence-electron chi connectivity index (χ2n) is 6.03. The van der Waals surface area contributed by atoms with Gasteiger partial charge in [0.25, 0.3) is 0 Å². The van der Waals surface area contributed by atoms with Crippen LogP contribution < -0.4 is 0 Å². The molecule has 1 aliphatic carbocycles. The highest BCUT2D eigenvalue weighted by Gasteiger charge is 2.18. The van der Waals surface area contributed by atoms with E-state index in [1.54, 1.807) is 5.57 Å². The molecule has 0 N–H and O–H groups in total. The van der Waals surface area contributed by atoms with Gasteiger partial charge in [0.05, 0.1) is 0 Å². The molecule has 0 amide bonds. The maximum absolute atomic E-state index is 6.00. The maximum atomic E-state index is 6.00. The van der Waals surface area contributed by atoms with Crippen LogP contribution in [0.2, 0.25) is 0 Å². The number of fused-ring (bicyclic) bond motifs is 1. The summed E-state index contributed by atoms with van der Waals surface area (Å²) in [6.45, 7) is 2.23. The molecule has 0 spiro atoms. The van der Waals surface area contributed by atoms with Gasteiger partial charge in [0.2, 0.25) is 0 Å². The van der Waals surface area contributed by atoms with Gasteiger partial charge < -0.3 is 4.90 Å². The van der Waals surface area contributed by atoms with Crippen molar-refractivity contribution in [2.75, 3.05) is 0 Å². The second-order valence-corrected chi connectivity index (χ2v) is 6.03. The molecule has 0 aromatic rings. The molecule has 0 aromatic heterocycles. The lowest BCUT2D eigenvalue weighted by molar-refractivity contribution is 0.578. The summed E-state index contributed by atoms with van der Waals surface area (Å²) in [5.74, 6) is 0. The number of allylic oxidation sites excluding steroid dienone is 7. The minimum absolute atomic E-state index is 0.830. The van der Waals surface area contributed by atoms with Crippen molar-refractivity contribution in [2.24, 2.45) is 0 Å². The molecule has 2 aliphatic heterocycles. The van der Waals surface area contributed by atoms with Crippen LogP contribution in [0, 0.1) is 0 Å². The van der Waals surface area contributed by atoms with Crippen molar-refractivity contribution in [1.82, 2.24) is 4.90 Å². The Hall–Kier alpha value is -1.44. The third kappa shape index (κ3) is 2.84. The average molecular weight is 263 g/mol. The minimum Gasteiger partial charge on any atom is -0.318 e. The summed E-state index contributed by atoms with van der Waals surface area (Å²) in [6.07, 6.45) is 19.9. The van der Waals surface area contributed by atoms with Crippen LogP contribution in [0.15, 0.2) is 58.5 Å². The molecule has 2 radical (unpaired) electrons. The molecule has 1 nitrogen and oxygen atoms in total. The minimum atomic E-state index is 0.830. The fourth-order valence-electron chi connectivity index (χ4n) is 3.23. The lowest BCUT2D eigenvalue weighted by Gasteiger charge is -2.28. The van der Waals surface area contributed by atoms with Crippen LogP contribution in [-0.2, 0) is 0 Å². The normalized spacial score (nSPS) is 23.1. The first-order chi connectivity index (χ1) is 9.74. The Kier molecular flexibility index (Phi) is 4.00. The number of hydrogen-bond acceptors (Lipinski definition) is 1. The van der Waals surface area contributed by atoms with Crippen LogP contribution in [0.4, 0.5) is 0 Å². The third-order valence-corrected chi connectivity index (χ3v) is 4.41. The summed E-state index contributed by atoms with van der Waals surface area (Å²) < 4.78 is 0. The maximum Gasteiger partial charge on any atom is 0.115 e. The monoisotopic (exact) mass is 263 g/mol. The molecule has 0 saturated heterocycles. The van der Waals surface area contributed by atoms with E-state index in [0.29, 0.717) is 0 Å². The zero-order valence-electron chi connectivity index (χ0n) is 12.4. The average Bonchev–Trinajstić information content (AvgIpc) is 2.60. The van der Waals surface area contributed by atoms with Gasteiger partial charge in [-0.25, -0.2) is 0 Å². The highest BCUT2D eigenvalue weighted by Crippen LogP contribution is 2.32. The van der Waals surface area contributed by atoms with Crippen LogP contribution >= 0.6 is 0 Å². The van der Waals surface area contributed by atoms with Crippen molar-refractivity contribution in [3.63, 3.8) is 0 Å². The molecular formula is C18H22BN. The number of hydrogen-bond donors (Lipinski definition) is 0. The van der Waals surface area contributed by atoms with Crippen molar-refractivity contribution >= 4 is 7.85 Å². The summed E-state index contributed by atoms with van der Waals surface area (Å²) in [5, 5.41) is 0. The van der Waals surface area contributed by atoms with Crippen LogP contribution in [0.3, 0.4) is 0 Å². The molecule has 2 heterocycles. The first-order valence-electron chi connectivity index (χ1n) is 7.78. The van der Waals surface area contributed by atoms with Crippen molar-refractivity contribution in [1.29, 1.82) is 0 Å². The van der Waals surface area contributed by atoms with E-state index >= 15 is 0 Å². The molecule has 0 bridgehead atoms. The van der Waals surface area contributed by atoms with E-state index < -0.39 is 0 Å². The Morgan fingerprint density at radius 3 is 2.70 bits per heavy atom. The molecule has 102 valence electrons. The molecule has 0 unspecified atom stereocenters.